The topological polar surface area (TPSA) is 68.4 Å². The summed E-state index contributed by atoms with van der Waals surface area (Å²) in [5, 5.41) is 8.84. The fourth-order valence-electron chi connectivity index (χ4n) is 4.18. The van der Waals surface area contributed by atoms with E-state index >= 15 is 0 Å². The van der Waals surface area contributed by atoms with Crippen LogP contribution in [0.2, 0.25) is 0 Å². The highest BCUT2D eigenvalue weighted by molar-refractivity contribution is 6.00. The number of hydrogen-bond acceptors (Lipinski definition) is 3. The smallest absolute Gasteiger partial charge is 0.263 e. The number of carbonyl (C=O) groups is 1. The summed E-state index contributed by atoms with van der Waals surface area (Å²) in [5.41, 5.74) is 3.51. The van der Waals surface area contributed by atoms with Crippen LogP contribution in [0.15, 0.2) is 90.0 Å². The number of hydrogen-bond donors (Lipinski definition) is 1. The number of nitrogens with one attached hydrogen (secondary N) is 1. The van der Waals surface area contributed by atoms with Crippen molar-refractivity contribution in [1.29, 1.82) is 0 Å². The Kier molecular flexibility index (Phi) is 4.82. The zero-order valence-electron chi connectivity index (χ0n) is 17.8. The van der Waals surface area contributed by atoms with Crippen LogP contribution in [0.4, 0.5) is 0 Å². The van der Waals surface area contributed by atoms with Crippen LogP contribution in [0.1, 0.15) is 34.6 Å². The third-order valence-electron chi connectivity index (χ3n) is 5.76. The van der Waals surface area contributed by atoms with Gasteiger partial charge in [-0.3, -0.25) is 14.2 Å². The summed E-state index contributed by atoms with van der Waals surface area (Å²) in [7, 11) is 0. The van der Waals surface area contributed by atoms with Crippen molar-refractivity contribution in [3.63, 3.8) is 0 Å². The molecule has 5 aromatic rings. The van der Waals surface area contributed by atoms with E-state index in [1.54, 1.807) is 21.5 Å². The first-order chi connectivity index (χ1) is 15.5. The molecule has 0 aliphatic heterocycles. The highest BCUT2D eigenvalue weighted by Crippen LogP contribution is 2.23. The van der Waals surface area contributed by atoms with E-state index in [4.69, 9.17) is 0 Å². The van der Waals surface area contributed by atoms with Gasteiger partial charge >= 0.3 is 0 Å². The third kappa shape index (κ3) is 3.26. The SMILES string of the molecule is Cc1cccc2cc(C(C)NC(=O)c3cnn4ccccc34)n(-c3ccccc3)c(=O)c12. The molecule has 3 aromatic heterocycles. The molecule has 1 N–H and O–H groups in total. The van der Waals surface area contributed by atoms with Gasteiger partial charge in [-0.2, -0.15) is 5.10 Å². The highest BCUT2D eigenvalue weighted by Gasteiger charge is 2.20. The van der Waals surface area contributed by atoms with Crippen molar-refractivity contribution in [3.05, 3.63) is 112 Å². The molecule has 158 valence electrons. The maximum Gasteiger partial charge on any atom is 0.263 e. The van der Waals surface area contributed by atoms with Crippen molar-refractivity contribution in [1.82, 2.24) is 19.5 Å². The van der Waals surface area contributed by atoms with E-state index in [1.165, 1.54) is 0 Å². The average Bonchev–Trinajstić information content (AvgIpc) is 3.24. The lowest BCUT2D eigenvalue weighted by atomic mass is 10.0. The normalized spacial score (nSPS) is 12.2. The summed E-state index contributed by atoms with van der Waals surface area (Å²) in [4.78, 5) is 26.7. The molecule has 0 saturated heterocycles. The molecule has 0 aliphatic carbocycles. The molecule has 6 nitrogen and oxygen atoms in total. The third-order valence-corrected chi connectivity index (χ3v) is 5.76. The van der Waals surface area contributed by atoms with E-state index in [-0.39, 0.29) is 11.5 Å². The van der Waals surface area contributed by atoms with Gasteiger partial charge in [0, 0.05) is 17.6 Å². The lowest BCUT2D eigenvalue weighted by Crippen LogP contribution is -2.32. The van der Waals surface area contributed by atoms with Crippen molar-refractivity contribution in [3.8, 4) is 5.69 Å². The van der Waals surface area contributed by atoms with Crippen molar-refractivity contribution >= 4 is 22.2 Å². The molecule has 5 rings (SSSR count). The summed E-state index contributed by atoms with van der Waals surface area (Å²) >= 11 is 0. The molecule has 0 bridgehead atoms. The molecule has 32 heavy (non-hydrogen) atoms. The maximum absolute atomic E-state index is 13.6. The molecule has 2 aromatic carbocycles. The summed E-state index contributed by atoms with van der Waals surface area (Å²) in [6.45, 7) is 3.83. The summed E-state index contributed by atoms with van der Waals surface area (Å²) in [6, 6.07) is 22.5. The molecule has 0 aliphatic rings. The number of aryl methyl sites for hydroxylation is 1. The highest BCUT2D eigenvalue weighted by atomic mass is 16.2. The first-order valence-electron chi connectivity index (χ1n) is 10.5. The quantitative estimate of drug-likeness (QED) is 0.466. The van der Waals surface area contributed by atoms with Gasteiger partial charge in [-0.25, -0.2) is 4.52 Å². The Hall–Kier alpha value is -4.19. The zero-order valence-corrected chi connectivity index (χ0v) is 17.8. The molecule has 1 atom stereocenters. The average molecular weight is 422 g/mol. The van der Waals surface area contributed by atoms with Crippen molar-refractivity contribution in [2.75, 3.05) is 0 Å². The number of fused-ring (bicyclic) bond motifs is 2. The fraction of sp³-hybridized carbons (Fsp3) is 0.115. The second-order valence-corrected chi connectivity index (χ2v) is 7.87. The number of nitrogens with zero attached hydrogens (tertiary/aromatic N) is 3. The predicted molar refractivity (Wildman–Crippen MR) is 125 cm³/mol. The zero-order chi connectivity index (χ0) is 22.2. The standard InChI is InChI=1S/C26H22N4O2/c1-17-9-8-10-19-15-23(30(26(32)24(17)19)20-11-4-3-5-12-20)18(2)28-25(31)21-16-27-29-14-7-6-13-22(21)29/h3-16,18H,1-2H3,(H,28,31). The van der Waals surface area contributed by atoms with Crippen LogP contribution >= 0.6 is 0 Å². The Balaban J connectivity index is 1.62. The lowest BCUT2D eigenvalue weighted by Gasteiger charge is -2.21. The van der Waals surface area contributed by atoms with Crippen molar-refractivity contribution < 1.29 is 4.79 Å². The Morgan fingerprint density at radius 2 is 1.78 bits per heavy atom. The second kappa shape index (κ2) is 7.81. The molecule has 0 spiro atoms. The van der Waals surface area contributed by atoms with Crippen LogP contribution in [0.3, 0.4) is 0 Å². The molecule has 6 heteroatoms. The predicted octanol–water partition coefficient (Wildman–Crippen LogP) is 4.44. The molecule has 0 fully saturated rings. The molecular formula is C26H22N4O2. The Bertz CT molecular complexity index is 1520. The van der Waals surface area contributed by atoms with Gasteiger partial charge in [0.1, 0.15) is 0 Å². The fourth-order valence-corrected chi connectivity index (χ4v) is 4.18. The Morgan fingerprint density at radius 3 is 2.59 bits per heavy atom. The van der Waals surface area contributed by atoms with Gasteiger partial charge in [0.15, 0.2) is 0 Å². The molecule has 0 radical (unpaired) electrons. The minimum Gasteiger partial charge on any atom is -0.344 e. The van der Waals surface area contributed by atoms with Crippen LogP contribution < -0.4 is 10.9 Å². The second-order valence-electron chi connectivity index (χ2n) is 7.87. The minimum absolute atomic E-state index is 0.0983. The minimum atomic E-state index is -0.418. The number of pyridine rings is 2. The van der Waals surface area contributed by atoms with Crippen LogP contribution in [0, 0.1) is 6.92 Å². The summed E-state index contributed by atoms with van der Waals surface area (Å²) in [6.07, 6.45) is 3.36. The van der Waals surface area contributed by atoms with E-state index in [1.807, 2.05) is 86.6 Å². The number of rotatable bonds is 4. The largest absolute Gasteiger partial charge is 0.344 e. The van der Waals surface area contributed by atoms with Gasteiger partial charge in [-0.1, -0.05) is 42.5 Å². The first-order valence-corrected chi connectivity index (χ1v) is 10.5. The Labute approximate surface area is 184 Å². The first kappa shape index (κ1) is 19.8. The van der Waals surface area contributed by atoms with Crippen molar-refractivity contribution in [2.24, 2.45) is 0 Å². The van der Waals surface area contributed by atoms with Crippen LogP contribution in [0.25, 0.3) is 22.0 Å². The molecule has 1 amide bonds. The van der Waals surface area contributed by atoms with E-state index in [0.717, 1.165) is 22.2 Å². The monoisotopic (exact) mass is 422 g/mol. The number of para-hydroxylation sites is 1. The maximum atomic E-state index is 13.6. The summed E-state index contributed by atoms with van der Waals surface area (Å²) < 4.78 is 3.36. The number of benzene rings is 2. The van der Waals surface area contributed by atoms with Crippen LogP contribution in [-0.2, 0) is 0 Å². The molecule has 3 heterocycles. The van der Waals surface area contributed by atoms with Gasteiger partial charge in [-0.05, 0) is 55.1 Å². The van der Waals surface area contributed by atoms with Gasteiger partial charge in [-0.15, -0.1) is 0 Å². The van der Waals surface area contributed by atoms with E-state index in [9.17, 15) is 9.59 Å². The van der Waals surface area contributed by atoms with Gasteiger partial charge < -0.3 is 5.32 Å². The number of carbonyl (C=O) groups excluding carboxylic acids is 1. The lowest BCUT2D eigenvalue weighted by molar-refractivity contribution is 0.0940. The molecule has 1 unspecified atom stereocenters. The molecule has 0 saturated carbocycles. The number of aromatic nitrogens is 3. The van der Waals surface area contributed by atoms with E-state index in [0.29, 0.717) is 16.6 Å². The van der Waals surface area contributed by atoms with Gasteiger partial charge in [0.05, 0.1) is 28.7 Å². The molecular weight excluding hydrogens is 400 g/mol. The van der Waals surface area contributed by atoms with Gasteiger partial charge in [0.2, 0.25) is 0 Å². The van der Waals surface area contributed by atoms with Gasteiger partial charge in [0.25, 0.3) is 11.5 Å². The van der Waals surface area contributed by atoms with Crippen LogP contribution in [-0.4, -0.2) is 20.1 Å². The Morgan fingerprint density at radius 1 is 1.00 bits per heavy atom. The van der Waals surface area contributed by atoms with Crippen molar-refractivity contribution in [2.45, 2.75) is 19.9 Å². The van der Waals surface area contributed by atoms with E-state index < -0.39 is 6.04 Å². The van der Waals surface area contributed by atoms with E-state index in [2.05, 4.69) is 10.4 Å². The summed E-state index contributed by atoms with van der Waals surface area (Å²) in [5.74, 6) is -0.241. The van der Waals surface area contributed by atoms with Crippen LogP contribution in [0.5, 0.6) is 0 Å². The number of amides is 1.